The fraction of sp³-hybridized carbons (Fsp3) is 0.350. The van der Waals surface area contributed by atoms with Crippen molar-refractivity contribution in [2.75, 3.05) is 0 Å². The highest BCUT2D eigenvalue weighted by Gasteiger charge is 2.53. The third-order valence-electron chi connectivity index (χ3n) is 5.03. The molecule has 1 saturated heterocycles. The Morgan fingerprint density at radius 1 is 1.04 bits per heavy atom. The molecule has 1 atom stereocenters. The first kappa shape index (κ1) is 14.9. The van der Waals surface area contributed by atoms with E-state index in [1.807, 2.05) is 42.5 Å². The SMILES string of the molecule is O=[N+]1NC2(CCCC2)CC1c1ccc(C#Cc2ccccc2)cn1. The zero-order valence-corrected chi connectivity index (χ0v) is 13.5. The summed E-state index contributed by atoms with van der Waals surface area (Å²) in [5.74, 6) is 6.24. The van der Waals surface area contributed by atoms with E-state index in [4.69, 9.17) is 0 Å². The van der Waals surface area contributed by atoms with Gasteiger partial charge in [-0.05, 0) is 37.1 Å². The average Bonchev–Trinajstić information content (AvgIpc) is 3.21. The molecule has 4 heteroatoms. The van der Waals surface area contributed by atoms with Crippen LogP contribution in [-0.4, -0.2) is 15.4 Å². The third-order valence-corrected chi connectivity index (χ3v) is 5.03. The molecule has 1 saturated carbocycles. The van der Waals surface area contributed by atoms with Crippen molar-refractivity contribution in [3.05, 3.63) is 70.4 Å². The van der Waals surface area contributed by atoms with Crippen LogP contribution in [0.5, 0.6) is 0 Å². The second-order valence-corrected chi connectivity index (χ2v) is 6.73. The Morgan fingerprint density at radius 3 is 2.50 bits per heavy atom. The van der Waals surface area contributed by atoms with E-state index in [-0.39, 0.29) is 11.6 Å². The van der Waals surface area contributed by atoms with Gasteiger partial charge in [0.1, 0.15) is 16.1 Å². The van der Waals surface area contributed by atoms with Gasteiger partial charge in [-0.1, -0.05) is 42.9 Å². The molecule has 0 bridgehead atoms. The van der Waals surface area contributed by atoms with Crippen LogP contribution in [0.4, 0.5) is 0 Å². The van der Waals surface area contributed by atoms with Gasteiger partial charge in [-0.3, -0.25) is 4.98 Å². The van der Waals surface area contributed by atoms with Crippen molar-refractivity contribution in [3.63, 3.8) is 0 Å². The first-order valence-corrected chi connectivity index (χ1v) is 8.51. The van der Waals surface area contributed by atoms with Gasteiger partial charge in [0, 0.05) is 17.3 Å². The number of benzene rings is 1. The molecule has 24 heavy (non-hydrogen) atoms. The summed E-state index contributed by atoms with van der Waals surface area (Å²) in [6, 6.07) is 13.6. The number of hydrogen-bond donors (Lipinski definition) is 1. The molecule has 1 aliphatic carbocycles. The van der Waals surface area contributed by atoms with Crippen LogP contribution in [0.3, 0.4) is 0 Å². The van der Waals surface area contributed by atoms with Gasteiger partial charge in [-0.15, -0.1) is 5.43 Å². The fourth-order valence-electron chi connectivity index (χ4n) is 3.74. The lowest BCUT2D eigenvalue weighted by Gasteiger charge is -2.15. The van der Waals surface area contributed by atoms with Crippen LogP contribution in [0.25, 0.3) is 0 Å². The van der Waals surface area contributed by atoms with Crippen LogP contribution < -0.4 is 5.43 Å². The first-order valence-electron chi connectivity index (χ1n) is 8.51. The molecular weight excluding hydrogens is 298 g/mol. The molecule has 120 valence electrons. The summed E-state index contributed by atoms with van der Waals surface area (Å²) in [5, 5.41) is 0. The van der Waals surface area contributed by atoms with Crippen LogP contribution in [0, 0.1) is 16.7 Å². The Labute approximate surface area is 141 Å². The molecule has 1 aliphatic heterocycles. The fourth-order valence-corrected chi connectivity index (χ4v) is 3.74. The molecule has 2 aliphatic rings. The molecule has 2 heterocycles. The number of nitrogens with zero attached hydrogens (tertiary/aromatic N) is 2. The standard InChI is InChI=1S/C20H20N3O/c24-23-19(14-20(22-23)12-4-5-13-20)18-11-10-17(15-21-18)9-8-16-6-2-1-3-7-16/h1-3,6-7,10-11,15,19H,4-5,12-14H2,(H,22,24)/q+1. The van der Waals surface area contributed by atoms with Crippen molar-refractivity contribution in [2.24, 2.45) is 0 Å². The van der Waals surface area contributed by atoms with E-state index in [2.05, 4.69) is 22.3 Å². The maximum atomic E-state index is 12.3. The summed E-state index contributed by atoms with van der Waals surface area (Å²) >= 11 is 0. The van der Waals surface area contributed by atoms with Gasteiger partial charge in [0.2, 0.25) is 0 Å². The summed E-state index contributed by atoms with van der Waals surface area (Å²) in [5.41, 5.74) is 5.82. The second-order valence-electron chi connectivity index (χ2n) is 6.73. The number of nitroso groups, excluding NO2 is 1. The Kier molecular flexibility index (Phi) is 3.78. The molecule has 4 nitrogen and oxygen atoms in total. The van der Waals surface area contributed by atoms with Crippen LogP contribution in [-0.2, 0) is 0 Å². The van der Waals surface area contributed by atoms with E-state index in [0.29, 0.717) is 0 Å². The first-order chi connectivity index (χ1) is 11.7. The van der Waals surface area contributed by atoms with Crippen LogP contribution >= 0.6 is 0 Å². The number of hydrazine groups is 1. The van der Waals surface area contributed by atoms with E-state index in [0.717, 1.165) is 41.0 Å². The average molecular weight is 318 g/mol. The Bertz CT molecular complexity index is 796. The topological polar surface area (TPSA) is 45.0 Å². The molecule has 1 aromatic carbocycles. The molecule has 0 radical (unpaired) electrons. The second kappa shape index (κ2) is 6.09. The van der Waals surface area contributed by atoms with E-state index in [1.54, 1.807) is 6.20 Å². The number of aromatic nitrogens is 1. The van der Waals surface area contributed by atoms with Crippen molar-refractivity contribution in [1.82, 2.24) is 10.4 Å². The monoisotopic (exact) mass is 318 g/mol. The van der Waals surface area contributed by atoms with Crippen molar-refractivity contribution in [2.45, 2.75) is 43.7 Å². The number of pyridine rings is 1. The highest BCUT2D eigenvalue weighted by atomic mass is 16.3. The normalized spacial score (nSPS) is 21.3. The molecule has 1 unspecified atom stereocenters. The maximum absolute atomic E-state index is 12.3. The summed E-state index contributed by atoms with van der Waals surface area (Å²) < 4.78 is 0. The van der Waals surface area contributed by atoms with Crippen molar-refractivity contribution in [3.8, 4) is 11.8 Å². The van der Waals surface area contributed by atoms with Crippen LogP contribution in [0.2, 0.25) is 0 Å². The highest BCUT2D eigenvalue weighted by molar-refractivity contribution is 5.41. The summed E-state index contributed by atoms with van der Waals surface area (Å²) in [7, 11) is 0. The van der Waals surface area contributed by atoms with Crippen molar-refractivity contribution < 1.29 is 4.87 Å². The number of rotatable bonds is 1. The summed E-state index contributed by atoms with van der Waals surface area (Å²) in [4.78, 5) is 17.8. The van der Waals surface area contributed by atoms with Gasteiger partial charge in [-0.25, -0.2) is 0 Å². The van der Waals surface area contributed by atoms with E-state index >= 15 is 0 Å². The van der Waals surface area contributed by atoms with Crippen LogP contribution in [0.1, 0.15) is 55.0 Å². The zero-order chi connectivity index (χ0) is 16.4. The van der Waals surface area contributed by atoms with Crippen LogP contribution in [0.15, 0.2) is 48.7 Å². The third kappa shape index (κ3) is 2.90. The van der Waals surface area contributed by atoms with Gasteiger partial charge in [0.05, 0.1) is 11.3 Å². The Balaban J connectivity index is 1.50. The predicted molar refractivity (Wildman–Crippen MR) is 92.0 cm³/mol. The lowest BCUT2D eigenvalue weighted by atomic mass is 9.91. The zero-order valence-electron chi connectivity index (χ0n) is 13.5. The van der Waals surface area contributed by atoms with Gasteiger partial charge >= 0.3 is 0 Å². The number of nitrogens with one attached hydrogen (secondary N) is 1. The highest BCUT2D eigenvalue weighted by Crippen LogP contribution is 2.42. The molecule has 2 fully saturated rings. The molecule has 1 aromatic heterocycles. The van der Waals surface area contributed by atoms with Crippen molar-refractivity contribution in [1.29, 1.82) is 0 Å². The van der Waals surface area contributed by atoms with Gasteiger partial charge in [-0.2, -0.15) is 0 Å². The van der Waals surface area contributed by atoms with E-state index < -0.39 is 0 Å². The molecule has 2 aromatic rings. The summed E-state index contributed by atoms with van der Waals surface area (Å²) in [6.45, 7) is 0. The summed E-state index contributed by atoms with van der Waals surface area (Å²) in [6.07, 6.45) is 7.19. The molecule has 1 spiro atoms. The largest absolute Gasteiger partial charge is 0.278 e. The Morgan fingerprint density at radius 2 is 1.79 bits per heavy atom. The maximum Gasteiger partial charge on any atom is 0.278 e. The molecule has 1 N–H and O–H groups in total. The minimum Gasteiger partial charge on any atom is -0.253 e. The number of hydrogen-bond acceptors (Lipinski definition) is 2. The minimum absolute atomic E-state index is 0.000116. The minimum atomic E-state index is -0.195. The van der Waals surface area contributed by atoms with Gasteiger partial charge < -0.3 is 0 Å². The van der Waals surface area contributed by atoms with Crippen molar-refractivity contribution >= 4 is 0 Å². The Hall–Kier alpha value is -2.67. The van der Waals surface area contributed by atoms with Gasteiger partial charge in [0.25, 0.3) is 6.04 Å². The smallest absolute Gasteiger partial charge is 0.253 e. The molecule has 4 rings (SSSR count). The quantitative estimate of drug-likeness (QED) is 0.646. The lowest BCUT2D eigenvalue weighted by Crippen LogP contribution is -2.38. The molecule has 0 amide bonds. The predicted octanol–water partition coefficient (Wildman–Crippen LogP) is 3.52. The van der Waals surface area contributed by atoms with E-state index in [1.165, 1.54) is 12.8 Å². The van der Waals surface area contributed by atoms with Gasteiger partial charge in [0.15, 0.2) is 0 Å². The van der Waals surface area contributed by atoms with E-state index in [9.17, 15) is 4.91 Å². The lowest BCUT2D eigenvalue weighted by molar-refractivity contribution is -0.630. The molecular formula is C20H20N3O+.